The molecular weight excluding hydrogens is 370 g/mol. The van der Waals surface area contributed by atoms with Crippen molar-refractivity contribution in [2.24, 2.45) is 5.73 Å². The number of benzene rings is 1. The van der Waals surface area contributed by atoms with E-state index < -0.39 is 5.91 Å². The van der Waals surface area contributed by atoms with Crippen LogP contribution in [0.2, 0.25) is 5.02 Å². The number of anilines is 1. The SMILES string of the molecule is CC(C)Oc1cc2[nH]c(=O)c([C@H](C)Nc3ncc(C(N)=O)[nH]3)cc2cc1Cl. The summed E-state index contributed by atoms with van der Waals surface area (Å²) in [4.78, 5) is 33.3. The van der Waals surface area contributed by atoms with Crippen LogP contribution < -0.4 is 21.3 Å². The third-order valence-electron chi connectivity index (χ3n) is 3.95. The van der Waals surface area contributed by atoms with Gasteiger partial charge in [0.05, 0.1) is 28.9 Å². The fourth-order valence-electron chi connectivity index (χ4n) is 2.69. The third-order valence-corrected chi connectivity index (χ3v) is 4.24. The molecule has 1 amide bonds. The molecule has 0 aliphatic carbocycles. The van der Waals surface area contributed by atoms with Crippen LogP contribution in [0.1, 0.15) is 42.9 Å². The van der Waals surface area contributed by atoms with Gasteiger partial charge in [-0.15, -0.1) is 0 Å². The second-order valence-electron chi connectivity index (χ2n) is 6.47. The third kappa shape index (κ3) is 4.06. The van der Waals surface area contributed by atoms with Crippen molar-refractivity contribution in [3.05, 3.63) is 51.0 Å². The summed E-state index contributed by atoms with van der Waals surface area (Å²) in [5.74, 6) is 0.249. The second-order valence-corrected chi connectivity index (χ2v) is 6.87. The van der Waals surface area contributed by atoms with Gasteiger partial charge in [-0.1, -0.05) is 11.6 Å². The smallest absolute Gasteiger partial charge is 0.266 e. The second kappa shape index (κ2) is 7.32. The Kier molecular flexibility index (Phi) is 5.09. The number of halogens is 1. The van der Waals surface area contributed by atoms with Crippen molar-refractivity contribution in [2.45, 2.75) is 32.9 Å². The van der Waals surface area contributed by atoms with Crippen LogP contribution in [-0.4, -0.2) is 27.0 Å². The van der Waals surface area contributed by atoms with Gasteiger partial charge < -0.3 is 25.8 Å². The van der Waals surface area contributed by atoms with E-state index in [4.69, 9.17) is 22.1 Å². The van der Waals surface area contributed by atoms with Gasteiger partial charge >= 0.3 is 0 Å². The lowest BCUT2D eigenvalue weighted by Crippen LogP contribution is -2.20. The Morgan fingerprint density at radius 3 is 2.63 bits per heavy atom. The number of aromatic nitrogens is 3. The number of nitrogens with two attached hydrogens (primary N) is 1. The molecule has 0 aliphatic heterocycles. The molecule has 3 rings (SSSR count). The number of aromatic amines is 2. The Morgan fingerprint density at radius 1 is 1.26 bits per heavy atom. The summed E-state index contributed by atoms with van der Waals surface area (Å²) in [5.41, 5.74) is 6.25. The van der Waals surface area contributed by atoms with Crippen LogP contribution in [0.3, 0.4) is 0 Å². The first-order valence-electron chi connectivity index (χ1n) is 8.39. The quantitative estimate of drug-likeness (QED) is 0.515. The average molecular weight is 390 g/mol. The van der Waals surface area contributed by atoms with Crippen LogP contribution in [0.4, 0.5) is 5.95 Å². The van der Waals surface area contributed by atoms with E-state index in [1.54, 1.807) is 25.1 Å². The number of primary amides is 1. The highest BCUT2D eigenvalue weighted by Crippen LogP contribution is 2.30. The number of hydrogen-bond donors (Lipinski definition) is 4. The summed E-state index contributed by atoms with van der Waals surface area (Å²) in [7, 11) is 0. The molecule has 0 saturated heterocycles. The summed E-state index contributed by atoms with van der Waals surface area (Å²) in [6.07, 6.45) is 1.30. The number of carbonyl (C=O) groups is 1. The highest BCUT2D eigenvalue weighted by Gasteiger charge is 2.15. The Bertz CT molecular complexity index is 1060. The monoisotopic (exact) mass is 389 g/mol. The molecule has 9 heteroatoms. The van der Waals surface area contributed by atoms with Crippen LogP contribution in [0, 0.1) is 0 Å². The number of hydrogen-bond acceptors (Lipinski definition) is 5. The van der Waals surface area contributed by atoms with Gasteiger partial charge in [0.25, 0.3) is 11.5 Å². The minimum atomic E-state index is -0.610. The predicted octanol–water partition coefficient (Wildman–Crippen LogP) is 2.96. The van der Waals surface area contributed by atoms with Crippen LogP contribution in [-0.2, 0) is 0 Å². The Labute approximate surface area is 160 Å². The van der Waals surface area contributed by atoms with Gasteiger partial charge in [0, 0.05) is 17.0 Å². The van der Waals surface area contributed by atoms with Gasteiger partial charge in [0.2, 0.25) is 5.95 Å². The van der Waals surface area contributed by atoms with Gasteiger partial charge in [0.1, 0.15) is 11.4 Å². The van der Waals surface area contributed by atoms with E-state index in [0.29, 0.717) is 27.8 Å². The molecule has 1 atom stereocenters. The van der Waals surface area contributed by atoms with Crippen LogP contribution >= 0.6 is 11.6 Å². The summed E-state index contributed by atoms with van der Waals surface area (Å²) in [6.45, 7) is 5.61. The summed E-state index contributed by atoms with van der Waals surface area (Å²) < 4.78 is 5.65. The summed E-state index contributed by atoms with van der Waals surface area (Å²) >= 11 is 6.29. The number of nitrogens with one attached hydrogen (secondary N) is 3. The molecule has 0 bridgehead atoms. The van der Waals surface area contributed by atoms with E-state index in [-0.39, 0.29) is 23.4 Å². The first-order chi connectivity index (χ1) is 12.7. The molecule has 0 radical (unpaired) electrons. The van der Waals surface area contributed by atoms with E-state index in [9.17, 15) is 9.59 Å². The Morgan fingerprint density at radius 2 is 2.00 bits per heavy atom. The van der Waals surface area contributed by atoms with Gasteiger partial charge in [-0.3, -0.25) is 9.59 Å². The number of pyridine rings is 1. The first kappa shape index (κ1) is 18.8. The van der Waals surface area contributed by atoms with Gasteiger partial charge in [-0.2, -0.15) is 0 Å². The van der Waals surface area contributed by atoms with E-state index in [0.717, 1.165) is 5.39 Å². The molecule has 0 aliphatic rings. The Balaban J connectivity index is 1.92. The van der Waals surface area contributed by atoms with Gasteiger partial charge in [-0.05, 0) is 32.9 Å². The number of imidazole rings is 1. The molecule has 0 unspecified atom stereocenters. The zero-order chi connectivity index (χ0) is 19.7. The molecule has 3 aromatic rings. The predicted molar refractivity (Wildman–Crippen MR) is 104 cm³/mol. The van der Waals surface area contributed by atoms with E-state index >= 15 is 0 Å². The fraction of sp³-hybridized carbons (Fsp3) is 0.278. The normalized spacial score (nSPS) is 12.3. The molecule has 1 aromatic carbocycles. The average Bonchev–Trinajstić information content (AvgIpc) is 3.04. The minimum absolute atomic E-state index is 0.0336. The van der Waals surface area contributed by atoms with Crippen molar-refractivity contribution in [3.8, 4) is 5.75 Å². The minimum Gasteiger partial charge on any atom is -0.489 e. The lowest BCUT2D eigenvalue weighted by atomic mass is 10.1. The maximum atomic E-state index is 12.5. The molecule has 2 aromatic heterocycles. The zero-order valence-electron chi connectivity index (χ0n) is 15.1. The number of fused-ring (bicyclic) bond motifs is 1. The van der Waals surface area contributed by atoms with Crippen LogP contribution in [0.25, 0.3) is 10.9 Å². The van der Waals surface area contributed by atoms with E-state index in [1.807, 2.05) is 13.8 Å². The number of amides is 1. The fourth-order valence-corrected chi connectivity index (χ4v) is 2.91. The number of H-pyrrole nitrogens is 2. The number of carbonyl (C=O) groups excluding carboxylic acids is 1. The maximum absolute atomic E-state index is 12.5. The molecule has 0 spiro atoms. The zero-order valence-corrected chi connectivity index (χ0v) is 15.8. The molecule has 142 valence electrons. The molecule has 27 heavy (non-hydrogen) atoms. The number of ether oxygens (including phenoxy) is 1. The van der Waals surface area contributed by atoms with Crippen LogP contribution in [0.15, 0.2) is 29.2 Å². The van der Waals surface area contributed by atoms with Gasteiger partial charge in [-0.25, -0.2) is 4.98 Å². The number of nitrogens with zero attached hydrogens (tertiary/aromatic N) is 1. The van der Waals surface area contributed by atoms with Crippen molar-refractivity contribution in [1.29, 1.82) is 0 Å². The molecule has 2 heterocycles. The van der Waals surface area contributed by atoms with Crippen LogP contribution in [0.5, 0.6) is 5.75 Å². The van der Waals surface area contributed by atoms with Crippen molar-refractivity contribution < 1.29 is 9.53 Å². The van der Waals surface area contributed by atoms with Crippen molar-refractivity contribution in [3.63, 3.8) is 0 Å². The van der Waals surface area contributed by atoms with E-state index in [1.165, 1.54) is 6.20 Å². The molecule has 0 fully saturated rings. The maximum Gasteiger partial charge on any atom is 0.266 e. The molecule has 0 saturated carbocycles. The molecular formula is C18H20ClN5O3. The molecule has 8 nitrogen and oxygen atoms in total. The largest absolute Gasteiger partial charge is 0.489 e. The first-order valence-corrected chi connectivity index (χ1v) is 8.77. The van der Waals surface area contributed by atoms with Crippen molar-refractivity contribution >= 4 is 34.4 Å². The Hall–Kier alpha value is -3.00. The lowest BCUT2D eigenvalue weighted by molar-refractivity contribution is 0.0996. The highest BCUT2D eigenvalue weighted by atomic mass is 35.5. The topological polar surface area (TPSA) is 126 Å². The number of rotatable bonds is 6. The summed E-state index contributed by atoms with van der Waals surface area (Å²) in [6, 6.07) is 4.84. The van der Waals surface area contributed by atoms with Crippen molar-refractivity contribution in [2.75, 3.05) is 5.32 Å². The van der Waals surface area contributed by atoms with E-state index in [2.05, 4.69) is 20.3 Å². The molecule has 5 N–H and O–H groups in total. The lowest BCUT2D eigenvalue weighted by Gasteiger charge is -2.15. The van der Waals surface area contributed by atoms with Gasteiger partial charge in [0.15, 0.2) is 0 Å². The highest BCUT2D eigenvalue weighted by molar-refractivity contribution is 6.32. The standard InChI is InChI=1S/C18H20ClN5O3/c1-8(2)27-15-6-13-10(5-12(15)19)4-11(17(26)23-13)9(3)22-18-21-7-14(24-18)16(20)25/h4-9H,1-3H3,(H2,20,25)(H,23,26)(H2,21,22,24)/t9-/m0/s1. The summed E-state index contributed by atoms with van der Waals surface area (Å²) in [5, 5.41) is 4.28. The van der Waals surface area contributed by atoms with Crippen molar-refractivity contribution in [1.82, 2.24) is 15.0 Å².